The fraction of sp³-hybridized carbons (Fsp3) is 0. The predicted octanol–water partition coefficient (Wildman–Crippen LogP) is 13.4. The lowest BCUT2D eigenvalue weighted by molar-refractivity contribution is 0.656. The highest BCUT2D eigenvalue weighted by atomic mass is 16.3. The van der Waals surface area contributed by atoms with Crippen molar-refractivity contribution in [1.29, 1.82) is 0 Å². The Kier molecular flexibility index (Phi) is 6.83. The second-order valence-electron chi connectivity index (χ2n) is 14.5. The Labute approximate surface area is 327 Å². The summed E-state index contributed by atoms with van der Waals surface area (Å²) in [5, 5.41) is 3.54. The van der Waals surface area contributed by atoms with Crippen molar-refractivity contribution in [2.45, 2.75) is 0 Å². The van der Waals surface area contributed by atoms with Crippen LogP contribution in [0.1, 0.15) is 0 Å². The van der Waals surface area contributed by atoms with Gasteiger partial charge in [-0.15, -0.1) is 0 Å². The summed E-state index contributed by atoms with van der Waals surface area (Å²) in [5.74, 6) is 0.808. The lowest BCUT2D eigenvalue weighted by atomic mass is 10.0. The van der Waals surface area contributed by atoms with Gasteiger partial charge < -0.3 is 13.9 Å². The van der Waals surface area contributed by atoms with Gasteiger partial charge in [0.05, 0.1) is 22.1 Å². The minimum atomic E-state index is 0.630. The fourth-order valence-corrected chi connectivity index (χ4v) is 8.72. The third kappa shape index (κ3) is 4.81. The molecule has 0 N–H and O–H groups in total. The van der Waals surface area contributed by atoms with Crippen LogP contribution in [0.5, 0.6) is 0 Å². The maximum absolute atomic E-state index is 6.28. The number of para-hydroxylation sites is 4. The summed E-state index contributed by atoms with van der Waals surface area (Å²) in [4.78, 5) is 7.46. The van der Waals surface area contributed by atoms with E-state index < -0.39 is 0 Å². The Bertz CT molecular complexity index is 3390. The number of imidazole rings is 2. The number of nitrogens with zero attached hydrogens (tertiary/aromatic N) is 5. The van der Waals surface area contributed by atoms with Gasteiger partial charge >= 0.3 is 0 Å². The minimum absolute atomic E-state index is 0.630. The lowest BCUT2D eigenvalue weighted by Crippen LogP contribution is -2.10. The smallest absolute Gasteiger partial charge is 0.248 e. The normalized spacial score (nSPS) is 11.9. The minimum Gasteiger partial charge on any atom is -0.436 e. The highest BCUT2D eigenvalue weighted by Gasteiger charge is 2.23. The van der Waals surface area contributed by atoms with Crippen LogP contribution in [0.4, 0.5) is 17.1 Å². The van der Waals surface area contributed by atoms with E-state index >= 15 is 0 Å². The average molecular weight is 732 g/mol. The average Bonchev–Trinajstić information content (AvgIpc) is 4.00. The van der Waals surface area contributed by atoms with Crippen molar-refractivity contribution < 1.29 is 4.42 Å². The van der Waals surface area contributed by atoms with E-state index in [4.69, 9.17) is 9.40 Å². The van der Waals surface area contributed by atoms with E-state index in [0.29, 0.717) is 5.71 Å². The molecule has 57 heavy (non-hydrogen) atoms. The number of hydrogen-bond acceptors (Lipinski definition) is 3. The van der Waals surface area contributed by atoms with Gasteiger partial charge in [0, 0.05) is 44.6 Å². The van der Waals surface area contributed by atoms with E-state index in [1.54, 1.807) is 0 Å². The molecule has 0 radical (unpaired) electrons. The zero-order chi connectivity index (χ0) is 37.5. The summed E-state index contributed by atoms with van der Waals surface area (Å²) in [6.07, 6.45) is 0. The summed E-state index contributed by atoms with van der Waals surface area (Å²) >= 11 is 0. The summed E-state index contributed by atoms with van der Waals surface area (Å²) in [5.41, 5.74) is 14.6. The van der Waals surface area contributed by atoms with E-state index in [-0.39, 0.29) is 0 Å². The quantitative estimate of drug-likeness (QED) is 0.171. The van der Waals surface area contributed by atoms with Crippen molar-refractivity contribution in [3.63, 3.8) is 0 Å². The fourth-order valence-electron chi connectivity index (χ4n) is 8.72. The van der Waals surface area contributed by atoms with Gasteiger partial charge in [-0.2, -0.15) is 4.98 Å². The molecule has 0 atom stereocenters. The Morgan fingerprint density at radius 1 is 0.404 bits per heavy atom. The van der Waals surface area contributed by atoms with Crippen LogP contribution in [0.15, 0.2) is 205 Å². The van der Waals surface area contributed by atoms with Crippen LogP contribution < -0.4 is 4.90 Å². The van der Waals surface area contributed by atoms with E-state index in [1.165, 1.54) is 32.9 Å². The molecule has 0 spiro atoms. The molecule has 0 aliphatic rings. The molecule has 12 rings (SSSR count). The maximum Gasteiger partial charge on any atom is 0.248 e. The molecule has 0 bridgehead atoms. The van der Waals surface area contributed by atoms with E-state index in [0.717, 1.165) is 61.7 Å². The zero-order valence-corrected chi connectivity index (χ0v) is 30.7. The van der Waals surface area contributed by atoms with Crippen molar-refractivity contribution in [1.82, 2.24) is 18.5 Å². The van der Waals surface area contributed by atoms with Gasteiger partial charge in [0.15, 0.2) is 0 Å². The molecular weight excluding hydrogens is 699 g/mol. The molecular formula is C51H33N5O. The molecule has 0 saturated carbocycles. The van der Waals surface area contributed by atoms with Crippen LogP contribution in [-0.2, 0) is 0 Å². The van der Waals surface area contributed by atoms with Gasteiger partial charge in [0.25, 0.3) is 0 Å². The number of anilines is 3. The Morgan fingerprint density at radius 2 is 0.947 bits per heavy atom. The molecule has 268 valence electrons. The number of aromatic nitrogens is 4. The van der Waals surface area contributed by atoms with Crippen LogP contribution in [0.2, 0.25) is 0 Å². The molecule has 4 heterocycles. The first-order valence-electron chi connectivity index (χ1n) is 19.2. The van der Waals surface area contributed by atoms with Crippen LogP contribution in [-0.4, -0.2) is 18.5 Å². The van der Waals surface area contributed by atoms with Crippen molar-refractivity contribution in [3.05, 3.63) is 200 Å². The van der Waals surface area contributed by atoms with Crippen molar-refractivity contribution in [3.8, 4) is 22.5 Å². The molecule has 0 unspecified atom stereocenters. The van der Waals surface area contributed by atoms with Crippen molar-refractivity contribution in [2.24, 2.45) is 0 Å². The molecule has 8 aromatic carbocycles. The van der Waals surface area contributed by atoms with E-state index in [2.05, 4.69) is 200 Å². The third-order valence-electron chi connectivity index (χ3n) is 11.3. The Hall–Kier alpha value is -7.83. The summed E-state index contributed by atoms with van der Waals surface area (Å²) < 4.78 is 13.1. The molecule has 12 aromatic rings. The summed E-state index contributed by atoms with van der Waals surface area (Å²) in [7, 11) is 0. The first-order chi connectivity index (χ1) is 28.3. The third-order valence-corrected chi connectivity index (χ3v) is 11.3. The molecule has 6 nitrogen and oxygen atoms in total. The molecule has 0 fully saturated rings. The monoisotopic (exact) mass is 731 g/mol. The van der Waals surface area contributed by atoms with Crippen LogP contribution in [0.3, 0.4) is 0 Å². The topological polar surface area (TPSA) is 43.5 Å². The molecule has 0 saturated heterocycles. The standard InChI is InChI=1S/C51H33N5O/c1-3-13-34(14-4-1)35-23-25-37(26-24-35)53(38-27-29-39(30-28-38)54-44-20-10-7-17-41(44)42-18-8-11-21-45(42)54)40-31-32-46-47(33-40)55(36-15-5-2-6-16-36)51-52-50-49(56(46)51)43-19-9-12-22-48(43)57-50/h1-33H. The molecule has 6 heteroatoms. The second-order valence-corrected chi connectivity index (χ2v) is 14.5. The van der Waals surface area contributed by atoms with E-state index in [9.17, 15) is 0 Å². The summed E-state index contributed by atoms with van der Waals surface area (Å²) in [6.45, 7) is 0. The number of fused-ring (bicyclic) bond motifs is 10. The van der Waals surface area contributed by atoms with Gasteiger partial charge in [-0.25, -0.2) is 0 Å². The molecule has 4 aromatic heterocycles. The van der Waals surface area contributed by atoms with Crippen LogP contribution in [0, 0.1) is 0 Å². The zero-order valence-electron chi connectivity index (χ0n) is 30.7. The van der Waals surface area contributed by atoms with Gasteiger partial charge in [-0.1, -0.05) is 109 Å². The summed E-state index contributed by atoms with van der Waals surface area (Å²) in [6, 6.07) is 71.0. The first-order valence-corrected chi connectivity index (χ1v) is 19.2. The van der Waals surface area contributed by atoms with Gasteiger partial charge in [0.2, 0.25) is 11.5 Å². The number of rotatable bonds is 6. The van der Waals surface area contributed by atoms with Crippen molar-refractivity contribution in [2.75, 3.05) is 4.90 Å². The number of hydrogen-bond donors (Lipinski definition) is 0. The lowest BCUT2D eigenvalue weighted by Gasteiger charge is -2.26. The molecule has 0 aliphatic heterocycles. The Balaban J connectivity index is 1.07. The number of benzene rings is 8. The van der Waals surface area contributed by atoms with E-state index in [1.807, 2.05) is 18.2 Å². The largest absolute Gasteiger partial charge is 0.436 e. The van der Waals surface area contributed by atoms with Crippen molar-refractivity contribution >= 4 is 77.9 Å². The maximum atomic E-state index is 6.28. The first kappa shape index (κ1) is 31.5. The van der Waals surface area contributed by atoms with Gasteiger partial charge in [-0.05, 0) is 102 Å². The molecule has 0 amide bonds. The second kappa shape index (κ2) is 12.3. The number of furan rings is 1. The van der Waals surface area contributed by atoms with Crippen LogP contribution >= 0.6 is 0 Å². The highest BCUT2D eigenvalue weighted by molar-refractivity contribution is 6.09. The molecule has 0 aliphatic carbocycles. The van der Waals surface area contributed by atoms with Gasteiger partial charge in [-0.3, -0.25) is 8.97 Å². The predicted molar refractivity (Wildman–Crippen MR) is 234 cm³/mol. The SMILES string of the molecule is c1ccc(-c2ccc(N(c3ccc(-n4c5ccccc5c5ccccc54)cc3)c3ccc4c(c3)n(-c3ccccc3)c3nc5oc6ccccc6c5n43)cc2)cc1. The Morgan fingerprint density at radius 3 is 1.65 bits per heavy atom. The van der Waals surface area contributed by atoms with Crippen LogP contribution in [0.25, 0.3) is 83.3 Å². The highest BCUT2D eigenvalue weighted by Crippen LogP contribution is 2.41. The van der Waals surface area contributed by atoms with Gasteiger partial charge in [0.1, 0.15) is 11.1 Å².